The SMILES string of the molecule is COc1ccc(-n2nnc3c(N4CCN(C(=O)c5ccccc5C(F)(F)F)CC4)ncnc32)cc1. The minimum atomic E-state index is -4.60. The molecule has 1 aliphatic rings. The molecule has 35 heavy (non-hydrogen) atoms. The monoisotopic (exact) mass is 483 g/mol. The zero-order chi connectivity index (χ0) is 24.6. The third-order valence-electron chi connectivity index (χ3n) is 5.86. The van der Waals surface area contributed by atoms with E-state index in [0.29, 0.717) is 35.8 Å². The molecule has 5 rings (SSSR count). The van der Waals surface area contributed by atoms with Crippen molar-refractivity contribution in [3.05, 3.63) is 66.0 Å². The molecule has 12 heteroatoms. The van der Waals surface area contributed by atoms with Crippen LogP contribution in [0.25, 0.3) is 16.9 Å². The van der Waals surface area contributed by atoms with Crippen LogP contribution in [0.15, 0.2) is 54.9 Å². The highest BCUT2D eigenvalue weighted by molar-refractivity contribution is 5.96. The first kappa shape index (κ1) is 22.6. The van der Waals surface area contributed by atoms with Crippen molar-refractivity contribution in [3.63, 3.8) is 0 Å². The Morgan fingerprint density at radius 2 is 1.69 bits per heavy atom. The van der Waals surface area contributed by atoms with Gasteiger partial charge in [0.25, 0.3) is 5.91 Å². The van der Waals surface area contributed by atoms with Gasteiger partial charge in [0.15, 0.2) is 17.0 Å². The summed E-state index contributed by atoms with van der Waals surface area (Å²) in [4.78, 5) is 24.9. The molecule has 3 heterocycles. The van der Waals surface area contributed by atoms with Crippen LogP contribution in [-0.4, -0.2) is 69.1 Å². The average molecular weight is 483 g/mol. The lowest BCUT2D eigenvalue weighted by molar-refractivity contribution is -0.138. The lowest BCUT2D eigenvalue weighted by atomic mass is 10.1. The van der Waals surface area contributed by atoms with Crippen LogP contribution in [0.3, 0.4) is 0 Å². The van der Waals surface area contributed by atoms with Gasteiger partial charge in [-0.05, 0) is 36.4 Å². The molecule has 9 nitrogen and oxygen atoms in total. The van der Waals surface area contributed by atoms with Crippen molar-refractivity contribution >= 4 is 22.9 Å². The number of anilines is 1. The molecule has 1 fully saturated rings. The zero-order valence-corrected chi connectivity index (χ0v) is 18.6. The van der Waals surface area contributed by atoms with E-state index in [1.54, 1.807) is 23.9 Å². The highest BCUT2D eigenvalue weighted by Crippen LogP contribution is 2.33. The van der Waals surface area contributed by atoms with E-state index in [9.17, 15) is 18.0 Å². The van der Waals surface area contributed by atoms with Crippen molar-refractivity contribution in [1.82, 2.24) is 29.9 Å². The molecule has 2 aromatic heterocycles. The molecule has 0 aliphatic carbocycles. The van der Waals surface area contributed by atoms with Gasteiger partial charge in [-0.3, -0.25) is 4.79 Å². The maximum Gasteiger partial charge on any atom is 0.417 e. The molecule has 0 unspecified atom stereocenters. The Bertz CT molecular complexity index is 1360. The topological polar surface area (TPSA) is 89.3 Å². The summed E-state index contributed by atoms with van der Waals surface area (Å²) in [6, 6.07) is 12.1. The second-order valence-corrected chi connectivity index (χ2v) is 7.89. The minimum Gasteiger partial charge on any atom is -0.497 e. The number of ether oxygens (including phenoxy) is 1. The molecule has 0 radical (unpaired) electrons. The molecule has 1 saturated heterocycles. The van der Waals surface area contributed by atoms with E-state index in [0.717, 1.165) is 11.8 Å². The molecule has 180 valence electrons. The fraction of sp³-hybridized carbons (Fsp3) is 0.261. The number of rotatable bonds is 4. The van der Waals surface area contributed by atoms with Gasteiger partial charge in [-0.15, -0.1) is 5.10 Å². The number of hydrogen-bond acceptors (Lipinski definition) is 7. The van der Waals surface area contributed by atoms with Gasteiger partial charge in [-0.1, -0.05) is 17.3 Å². The number of methoxy groups -OCH3 is 1. The van der Waals surface area contributed by atoms with Crippen molar-refractivity contribution in [2.24, 2.45) is 0 Å². The highest BCUT2D eigenvalue weighted by Gasteiger charge is 2.36. The Kier molecular flexibility index (Phi) is 5.71. The van der Waals surface area contributed by atoms with Crippen molar-refractivity contribution in [2.75, 3.05) is 38.2 Å². The Hall–Kier alpha value is -4.22. The number of aromatic nitrogens is 5. The molecule has 2 aromatic carbocycles. The number of fused-ring (bicyclic) bond motifs is 1. The number of amides is 1. The first-order valence-corrected chi connectivity index (χ1v) is 10.8. The molecule has 0 bridgehead atoms. The molecular weight excluding hydrogens is 463 g/mol. The van der Waals surface area contributed by atoms with Crippen molar-refractivity contribution in [1.29, 1.82) is 0 Å². The van der Waals surface area contributed by atoms with Crippen LogP contribution in [0.5, 0.6) is 5.75 Å². The van der Waals surface area contributed by atoms with Gasteiger partial charge in [0.1, 0.15) is 12.1 Å². The predicted octanol–water partition coefficient (Wildman–Crippen LogP) is 3.20. The van der Waals surface area contributed by atoms with Gasteiger partial charge in [0, 0.05) is 26.2 Å². The smallest absolute Gasteiger partial charge is 0.417 e. The molecule has 0 saturated carbocycles. The van der Waals surface area contributed by atoms with E-state index in [-0.39, 0.29) is 18.7 Å². The van der Waals surface area contributed by atoms with Crippen LogP contribution in [-0.2, 0) is 6.18 Å². The summed E-state index contributed by atoms with van der Waals surface area (Å²) in [7, 11) is 1.59. The van der Waals surface area contributed by atoms with E-state index >= 15 is 0 Å². The number of halogens is 3. The van der Waals surface area contributed by atoms with E-state index in [2.05, 4.69) is 20.3 Å². The maximum atomic E-state index is 13.4. The summed E-state index contributed by atoms with van der Waals surface area (Å²) in [5.41, 5.74) is 0.473. The Morgan fingerprint density at radius 1 is 0.971 bits per heavy atom. The van der Waals surface area contributed by atoms with Crippen LogP contribution in [0.4, 0.5) is 19.0 Å². The molecule has 0 atom stereocenters. The molecular formula is C23H20F3N7O2. The lowest BCUT2D eigenvalue weighted by Gasteiger charge is -2.35. The third-order valence-corrected chi connectivity index (χ3v) is 5.86. The van der Waals surface area contributed by atoms with Crippen LogP contribution in [0.2, 0.25) is 0 Å². The number of piperazine rings is 1. The zero-order valence-electron chi connectivity index (χ0n) is 18.6. The van der Waals surface area contributed by atoms with E-state index in [4.69, 9.17) is 4.74 Å². The maximum absolute atomic E-state index is 13.4. The molecule has 0 spiro atoms. The number of alkyl halides is 3. The van der Waals surface area contributed by atoms with Gasteiger partial charge >= 0.3 is 6.18 Å². The minimum absolute atomic E-state index is 0.239. The number of nitrogens with zero attached hydrogens (tertiary/aromatic N) is 7. The summed E-state index contributed by atoms with van der Waals surface area (Å²) in [6.07, 6.45) is -3.19. The molecule has 0 N–H and O–H groups in total. The number of carbonyl (C=O) groups is 1. The second kappa shape index (κ2) is 8.85. The largest absolute Gasteiger partial charge is 0.497 e. The van der Waals surface area contributed by atoms with Crippen LogP contribution < -0.4 is 9.64 Å². The quantitative estimate of drug-likeness (QED) is 0.440. The van der Waals surface area contributed by atoms with Gasteiger partial charge in [-0.25, -0.2) is 9.97 Å². The lowest BCUT2D eigenvalue weighted by Crippen LogP contribution is -2.49. The Labute approximate surface area is 197 Å². The first-order valence-electron chi connectivity index (χ1n) is 10.8. The fourth-order valence-electron chi connectivity index (χ4n) is 4.07. The van der Waals surface area contributed by atoms with Crippen molar-refractivity contribution < 1.29 is 22.7 Å². The third kappa shape index (κ3) is 4.22. The van der Waals surface area contributed by atoms with E-state index in [1.165, 1.54) is 29.4 Å². The Morgan fingerprint density at radius 3 is 2.37 bits per heavy atom. The Balaban J connectivity index is 1.35. The van der Waals surface area contributed by atoms with E-state index < -0.39 is 17.6 Å². The van der Waals surface area contributed by atoms with Crippen LogP contribution in [0, 0.1) is 0 Å². The first-order chi connectivity index (χ1) is 16.9. The average Bonchev–Trinajstić information content (AvgIpc) is 3.32. The second-order valence-electron chi connectivity index (χ2n) is 7.89. The fourth-order valence-corrected chi connectivity index (χ4v) is 4.07. The van der Waals surface area contributed by atoms with Gasteiger partial charge in [0.05, 0.1) is 23.9 Å². The summed E-state index contributed by atoms with van der Waals surface area (Å²) >= 11 is 0. The van der Waals surface area contributed by atoms with Crippen molar-refractivity contribution in [2.45, 2.75) is 6.18 Å². The molecule has 4 aromatic rings. The van der Waals surface area contributed by atoms with Crippen LogP contribution in [0.1, 0.15) is 15.9 Å². The standard InChI is InChI=1S/C23H20F3N7O2/c1-35-16-8-6-15(7-9-16)33-21-19(29-30-33)20(27-14-28-21)31-10-12-32(13-11-31)22(34)17-4-2-3-5-18(17)23(24,25)26/h2-9,14H,10-13H2,1H3. The summed E-state index contributed by atoms with van der Waals surface area (Å²) in [6.45, 7) is 1.23. The van der Waals surface area contributed by atoms with Gasteiger partial charge in [0.2, 0.25) is 0 Å². The number of benzene rings is 2. The van der Waals surface area contributed by atoms with Gasteiger partial charge < -0.3 is 14.5 Å². The number of carbonyl (C=O) groups excluding carboxylic acids is 1. The van der Waals surface area contributed by atoms with E-state index in [1.807, 2.05) is 17.0 Å². The molecule has 1 aliphatic heterocycles. The van der Waals surface area contributed by atoms with Gasteiger partial charge in [-0.2, -0.15) is 17.9 Å². The van der Waals surface area contributed by atoms with Crippen LogP contribution >= 0.6 is 0 Å². The molecule has 1 amide bonds. The number of hydrogen-bond donors (Lipinski definition) is 0. The normalized spacial score (nSPS) is 14.4. The highest BCUT2D eigenvalue weighted by atomic mass is 19.4. The van der Waals surface area contributed by atoms with Crippen molar-refractivity contribution in [3.8, 4) is 11.4 Å². The predicted molar refractivity (Wildman–Crippen MR) is 121 cm³/mol. The summed E-state index contributed by atoms with van der Waals surface area (Å²) in [5, 5.41) is 8.48. The summed E-state index contributed by atoms with van der Waals surface area (Å²) in [5.74, 6) is 0.618. The summed E-state index contributed by atoms with van der Waals surface area (Å²) < 4.78 is 46.8.